The third-order valence-corrected chi connectivity index (χ3v) is 4.17. The number of thiazole rings is 1. The van der Waals surface area contributed by atoms with Gasteiger partial charge in [0.25, 0.3) is 5.88 Å². The molecule has 138 valence electrons. The van der Waals surface area contributed by atoms with E-state index in [-0.39, 0.29) is 5.88 Å². The van der Waals surface area contributed by atoms with Crippen LogP contribution < -0.4 is 21.1 Å². The molecule has 0 aliphatic carbocycles. The normalized spacial score (nSPS) is 10.3. The van der Waals surface area contributed by atoms with Crippen molar-refractivity contribution in [1.82, 2.24) is 15.0 Å². The first kappa shape index (κ1) is 18.3. The summed E-state index contributed by atoms with van der Waals surface area (Å²) in [5.41, 5.74) is 6.27. The number of nitrogens with one attached hydrogen (secondary N) is 2. The molecular weight excluding hydrogens is 368 g/mol. The van der Waals surface area contributed by atoms with E-state index in [4.69, 9.17) is 10.5 Å². The summed E-state index contributed by atoms with van der Waals surface area (Å²) < 4.78 is 5.29. The van der Waals surface area contributed by atoms with Gasteiger partial charge in [-0.05, 0) is 38.1 Å². The van der Waals surface area contributed by atoms with Gasteiger partial charge in [0.05, 0.1) is 5.01 Å². The molecule has 9 nitrogen and oxygen atoms in total. The SMILES string of the molecule is Cc1nccc(NC(=O)Oc2nc(C)sc2Nc2cccc(C(N)=O)c2)n1. The van der Waals surface area contributed by atoms with E-state index in [2.05, 4.69) is 25.6 Å². The Bertz CT molecular complexity index is 1000. The van der Waals surface area contributed by atoms with Gasteiger partial charge in [0.15, 0.2) is 5.00 Å². The molecule has 0 saturated carbocycles. The summed E-state index contributed by atoms with van der Waals surface area (Å²) in [6.45, 7) is 3.50. The van der Waals surface area contributed by atoms with Gasteiger partial charge >= 0.3 is 6.09 Å². The van der Waals surface area contributed by atoms with Crippen LogP contribution >= 0.6 is 11.3 Å². The number of aryl methyl sites for hydroxylation is 2. The Morgan fingerprint density at radius 1 is 1.19 bits per heavy atom. The van der Waals surface area contributed by atoms with Crippen molar-refractivity contribution in [3.05, 3.63) is 52.9 Å². The third-order valence-electron chi connectivity index (χ3n) is 3.30. The molecule has 0 saturated heterocycles. The van der Waals surface area contributed by atoms with Crippen LogP contribution in [0.15, 0.2) is 36.5 Å². The number of hydrogen-bond acceptors (Lipinski definition) is 8. The van der Waals surface area contributed by atoms with Crippen LogP contribution in [0.4, 0.5) is 21.3 Å². The molecule has 1 aromatic carbocycles. The molecule has 0 aliphatic rings. The Morgan fingerprint density at radius 3 is 2.74 bits per heavy atom. The van der Waals surface area contributed by atoms with E-state index in [0.717, 1.165) is 0 Å². The minimum Gasteiger partial charge on any atom is -0.388 e. The maximum atomic E-state index is 12.1. The highest BCUT2D eigenvalue weighted by atomic mass is 32.1. The average molecular weight is 384 g/mol. The number of carbonyl (C=O) groups is 2. The lowest BCUT2D eigenvalue weighted by Gasteiger charge is -2.08. The van der Waals surface area contributed by atoms with Crippen LogP contribution in [0.5, 0.6) is 5.88 Å². The number of anilines is 3. The Labute approximate surface area is 158 Å². The fraction of sp³-hybridized carbons (Fsp3) is 0.118. The molecule has 27 heavy (non-hydrogen) atoms. The topological polar surface area (TPSA) is 132 Å². The van der Waals surface area contributed by atoms with Gasteiger partial charge in [0.1, 0.15) is 11.6 Å². The fourth-order valence-electron chi connectivity index (χ4n) is 2.18. The number of primary amides is 1. The Morgan fingerprint density at radius 2 is 2.00 bits per heavy atom. The van der Waals surface area contributed by atoms with Crippen LogP contribution in [0.1, 0.15) is 21.2 Å². The van der Waals surface area contributed by atoms with Gasteiger partial charge in [-0.3, -0.25) is 10.1 Å². The molecule has 0 fully saturated rings. The van der Waals surface area contributed by atoms with Crippen molar-refractivity contribution in [2.75, 3.05) is 10.6 Å². The van der Waals surface area contributed by atoms with Gasteiger partial charge in [-0.1, -0.05) is 17.4 Å². The second-order valence-electron chi connectivity index (χ2n) is 5.44. The third kappa shape index (κ3) is 4.76. The lowest BCUT2D eigenvalue weighted by Crippen LogP contribution is -2.18. The highest BCUT2D eigenvalue weighted by Gasteiger charge is 2.16. The van der Waals surface area contributed by atoms with Crippen LogP contribution in [0.3, 0.4) is 0 Å². The summed E-state index contributed by atoms with van der Waals surface area (Å²) in [6, 6.07) is 8.22. The van der Waals surface area contributed by atoms with Crippen molar-refractivity contribution in [1.29, 1.82) is 0 Å². The maximum absolute atomic E-state index is 12.1. The Hall–Kier alpha value is -3.53. The van der Waals surface area contributed by atoms with Gasteiger partial charge in [-0.25, -0.2) is 19.7 Å². The van der Waals surface area contributed by atoms with Crippen LogP contribution in [0, 0.1) is 13.8 Å². The molecule has 2 heterocycles. The zero-order valence-corrected chi connectivity index (χ0v) is 15.3. The van der Waals surface area contributed by atoms with Crippen LogP contribution in [-0.2, 0) is 0 Å². The van der Waals surface area contributed by atoms with Crippen molar-refractivity contribution in [3.63, 3.8) is 0 Å². The molecule has 3 aromatic rings. The van der Waals surface area contributed by atoms with Crippen molar-refractivity contribution < 1.29 is 14.3 Å². The number of benzene rings is 1. The first-order chi connectivity index (χ1) is 12.9. The summed E-state index contributed by atoms with van der Waals surface area (Å²) in [7, 11) is 0. The van der Waals surface area contributed by atoms with Crippen molar-refractivity contribution in [3.8, 4) is 5.88 Å². The molecule has 2 amide bonds. The minimum absolute atomic E-state index is 0.116. The molecule has 0 atom stereocenters. The molecule has 10 heteroatoms. The van der Waals surface area contributed by atoms with E-state index in [1.54, 1.807) is 44.2 Å². The van der Waals surface area contributed by atoms with Crippen molar-refractivity contribution in [2.45, 2.75) is 13.8 Å². The van der Waals surface area contributed by atoms with E-state index in [1.807, 2.05) is 0 Å². The molecule has 3 rings (SSSR count). The van der Waals surface area contributed by atoms with Gasteiger partial charge in [-0.15, -0.1) is 0 Å². The quantitative estimate of drug-likeness (QED) is 0.616. The molecule has 0 aliphatic heterocycles. The number of aromatic nitrogens is 3. The first-order valence-electron chi connectivity index (χ1n) is 7.83. The predicted molar refractivity (Wildman–Crippen MR) is 102 cm³/mol. The Kier molecular flexibility index (Phi) is 5.27. The lowest BCUT2D eigenvalue weighted by molar-refractivity contribution is 0.1000. The predicted octanol–water partition coefficient (Wildman–Crippen LogP) is 3.00. The van der Waals surface area contributed by atoms with E-state index in [9.17, 15) is 9.59 Å². The highest BCUT2D eigenvalue weighted by Crippen LogP contribution is 2.34. The minimum atomic E-state index is -0.729. The molecule has 0 unspecified atom stereocenters. The molecule has 4 N–H and O–H groups in total. The molecule has 0 bridgehead atoms. The number of rotatable bonds is 5. The van der Waals surface area contributed by atoms with Crippen molar-refractivity contribution >= 4 is 39.8 Å². The second kappa shape index (κ2) is 7.79. The number of hydrogen-bond donors (Lipinski definition) is 3. The van der Waals surface area contributed by atoms with E-state index >= 15 is 0 Å². The molecule has 0 spiro atoms. The highest BCUT2D eigenvalue weighted by molar-refractivity contribution is 7.16. The fourth-order valence-corrected chi connectivity index (χ4v) is 2.95. The number of nitrogens with two attached hydrogens (primary N) is 1. The summed E-state index contributed by atoms with van der Waals surface area (Å²) in [5.74, 6) is 0.428. The van der Waals surface area contributed by atoms with Gasteiger partial charge in [-0.2, -0.15) is 0 Å². The van der Waals surface area contributed by atoms with Crippen LogP contribution in [0.2, 0.25) is 0 Å². The standard InChI is InChI=1S/C17H16N6O3S/c1-9-19-7-6-13(20-9)23-17(25)26-15-16(27-10(2)21-15)22-12-5-3-4-11(8-12)14(18)24/h3-8,22H,1-2H3,(H2,18,24)(H,19,20,23,25). The summed E-state index contributed by atoms with van der Waals surface area (Å²) in [6.07, 6.45) is 0.802. The zero-order chi connectivity index (χ0) is 19.4. The molecular formula is C17H16N6O3S. The number of nitrogens with zero attached hydrogens (tertiary/aromatic N) is 3. The molecule has 2 aromatic heterocycles. The largest absolute Gasteiger partial charge is 0.419 e. The Balaban J connectivity index is 1.75. The average Bonchev–Trinajstić information content (AvgIpc) is 2.93. The van der Waals surface area contributed by atoms with Crippen LogP contribution in [0.25, 0.3) is 0 Å². The summed E-state index contributed by atoms with van der Waals surface area (Å²) in [5, 5.41) is 6.82. The molecule has 0 radical (unpaired) electrons. The van der Waals surface area contributed by atoms with E-state index < -0.39 is 12.0 Å². The number of amides is 2. The second-order valence-corrected chi connectivity index (χ2v) is 6.64. The zero-order valence-electron chi connectivity index (χ0n) is 14.5. The number of carbonyl (C=O) groups excluding carboxylic acids is 2. The van der Waals surface area contributed by atoms with Gasteiger partial charge in [0, 0.05) is 17.4 Å². The maximum Gasteiger partial charge on any atom is 0.419 e. The first-order valence-corrected chi connectivity index (χ1v) is 8.65. The van der Waals surface area contributed by atoms with Crippen LogP contribution in [-0.4, -0.2) is 27.0 Å². The van der Waals surface area contributed by atoms with E-state index in [1.165, 1.54) is 17.5 Å². The van der Waals surface area contributed by atoms with E-state index in [0.29, 0.717) is 32.9 Å². The number of ether oxygens (including phenoxy) is 1. The van der Waals surface area contributed by atoms with Gasteiger partial charge < -0.3 is 15.8 Å². The summed E-state index contributed by atoms with van der Waals surface area (Å²) >= 11 is 1.31. The van der Waals surface area contributed by atoms with Gasteiger partial charge in [0.2, 0.25) is 5.91 Å². The smallest absolute Gasteiger partial charge is 0.388 e. The lowest BCUT2D eigenvalue weighted by atomic mass is 10.2. The monoisotopic (exact) mass is 384 g/mol. The summed E-state index contributed by atoms with van der Waals surface area (Å²) in [4.78, 5) is 35.7. The van der Waals surface area contributed by atoms with Crippen molar-refractivity contribution in [2.24, 2.45) is 5.73 Å².